The second kappa shape index (κ2) is 3.44. The van der Waals surface area contributed by atoms with E-state index in [1.807, 2.05) is 12.2 Å². The molecule has 0 aromatic carbocycles. The fraction of sp³-hybridized carbons (Fsp3) is 0.333. The first-order valence-corrected chi connectivity index (χ1v) is 4.76. The molecule has 0 atom stereocenters. The first kappa shape index (κ1) is 10.3. The molecular weight excluding hydrogens is 212 g/mol. The molecule has 0 saturated carbocycles. The van der Waals surface area contributed by atoms with Crippen LogP contribution in [0.5, 0.6) is 0 Å². The smallest absolute Gasteiger partial charge is 0.273 e. The summed E-state index contributed by atoms with van der Waals surface area (Å²) < 4.78 is 1.50. The Kier molecular flexibility index (Phi) is 2.22. The number of carbonyl (C=O) groups excluding carboxylic acids is 3. The van der Waals surface area contributed by atoms with E-state index in [0.717, 1.165) is 4.90 Å². The summed E-state index contributed by atoms with van der Waals surface area (Å²) in [5.41, 5.74) is 0.957. The minimum atomic E-state index is -0.907. The lowest BCUT2D eigenvalue weighted by Gasteiger charge is -2.09. The van der Waals surface area contributed by atoms with Gasteiger partial charge in [-0.25, -0.2) is 9.69 Å². The highest BCUT2D eigenvalue weighted by Gasteiger charge is 2.39. The Bertz CT molecular complexity index is 491. The molecule has 1 aliphatic rings. The Labute approximate surface area is 91.0 Å². The predicted octanol–water partition coefficient (Wildman–Crippen LogP) is -0.435. The van der Waals surface area contributed by atoms with E-state index in [2.05, 4.69) is 5.10 Å². The fourth-order valence-corrected chi connectivity index (χ4v) is 1.58. The maximum absolute atomic E-state index is 11.4. The van der Waals surface area contributed by atoms with E-state index in [9.17, 15) is 14.4 Å². The highest BCUT2D eigenvalue weighted by Crippen LogP contribution is 2.22. The number of nitrogens with one attached hydrogen (secondary N) is 1. The number of nitrogens with zero attached hydrogens (tertiary/aromatic N) is 3. The number of urea groups is 1. The highest BCUT2D eigenvalue weighted by molar-refractivity contribution is 6.53. The zero-order valence-electron chi connectivity index (χ0n) is 8.85. The molecular formula is C9H10N4O3. The number of aryl methyl sites for hydroxylation is 2. The van der Waals surface area contributed by atoms with Gasteiger partial charge in [0, 0.05) is 13.2 Å². The van der Waals surface area contributed by atoms with Crippen LogP contribution in [0.25, 0.3) is 0 Å². The summed E-state index contributed by atoms with van der Waals surface area (Å²) in [4.78, 5) is 34.7. The molecule has 1 aromatic rings. The largest absolute Gasteiger partial charge is 0.336 e. The maximum atomic E-state index is 11.4. The Balaban J connectivity index is 2.47. The van der Waals surface area contributed by atoms with Crippen LogP contribution in [0.4, 0.5) is 10.5 Å². The molecule has 2 rings (SSSR count). The van der Waals surface area contributed by atoms with Gasteiger partial charge in [-0.3, -0.25) is 19.6 Å². The number of carbonyl (C=O) groups is 3. The van der Waals surface area contributed by atoms with Crippen LogP contribution in [0, 0.1) is 0 Å². The van der Waals surface area contributed by atoms with Gasteiger partial charge in [0.25, 0.3) is 0 Å². The summed E-state index contributed by atoms with van der Waals surface area (Å²) in [6.07, 6.45) is 2.11. The SMILES string of the molecule is CCc1nn(C)cc1N1C(=O)NC(=O)C1=O. The Morgan fingerprint density at radius 1 is 1.38 bits per heavy atom. The van der Waals surface area contributed by atoms with E-state index in [0.29, 0.717) is 17.8 Å². The molecule has 16 heavy (non-hydrogen) atoms. The topological polar surface area (TPSA) is 84.3 Å². The lowest BCUT2D eigenvalue weighted by molar-refractivity contribution is -0.134. The van der Waals surface area contributed by atoms with E-state index < -0.39 is 17.8 Å². The van der Waals surface area contributed by atoms with Gasteiger partial charge < -0.3 is 0 Å². The summed E-state index contributed by atoms with van der Waals surface area (Å²) in [5, 5.41) is 6.04. The van der Waals surface area contributed by atoms with Crippen molar-refractivity contribution in [2.24, 2.45) is 7.05 Å². The number of imide groups is 2. The van der Waals surface area contributed by atoms with Gasteiger partial charge in [-0.15, -0.1) is 0 Å². The monoisotopic (exact) mass is 222 g/mol. The molecule has 7 heteroatoms. The zero-order chi connectivity index (χ0) is 11.9. The molecule has 7 nitrogen and oxygen atoms in total. The summed E-state index contributed by atoms with van der Waals surface area (Å²) in [6, 6.07) is -0.724. The molecule has 0 unspecified atom stereocenters. The summed E-state index contributed by atoms with van der Waals surface area (Å²) >= 11 is 0. The second-order valence-electron chi connectivity index (χ2n) is 3.39. The highest BCUT2D eigenvalue weighted by atomic mass is 16.2. The molecule has 0 spiro atoms. The van der Waals surface area contributed by atoms with E-state index >= 15 is 0 Å². The third-order valence-corrected chi connectivity index (χ3v) is 2.28. The Morgan fingerprint density at radius 2 is 2.06 bits per heavy atom. The van der Waals surface area contributed by atoms with Crippen molar-refractivity contribution in [3.8, 4) is 0 Å². The standard InChI is InChI=1S/C9H10N4O3/c1-3-5-6(4-12(2)11-5)13-8(15)7(14)10-9(13)16/h4H,3H2,1-2H3,(H,10,14,16). The maximum Gasteiger partial charge on any atom is 0.336 e. The normalized spacial score (nSPS) is 15.9. The van der Waals surface area contributed by atoms with Gasteiger partial charge in [-0.1, -0.05) is 6.92 Å². The van der Waals surface area contributed by atoms with Crippen LogP contribution < -0.4 is 10.2 Å². The minimum Gasteiger partial charge on any atom is -0.273 e. The molecule has 1 fully saturated rings. The molecule has 84 valence electrons. The van der Waals surface area contributed by atoms with Crippen LogP contribution in [-0.4, -0.2) is 27.6 Å². The van der Waals surface area contributed by atoms with Crippen LogP contribution >= 0.6 is 0 Å². The van der Waals surface area contributed by atoms with E-state index in [4.69, 9.17) is 0 Å². The molecule has 0 aliphatic carbocycles. The molecule has 0 bridgehead atoms. The Hall–Kier alpha value is -2.18. The van der Waals surface area contributed by atoms with Crippen LogP contribution in [0.3, 0.4) is 0 Å². The zero-order valence-corrected chi connectivity index (χ0v) is 8.85. The lowest BCUT2D eigenvalue weighted by atomic mass is 10.3. The fourth-order valence-electron chi connectivity index (χ4n) is 1.58. The van der Waals surface area contributed by atoms with Gasteiger partial charge in [0.15, 0.2) is 0 Å². The van der Waals surface area contributed by atoms with Gasteiger partial charge in [0.05, 0.1) is 11.4 Å². The Morgan fingerprint density at radius 3 is 2.56 bits per heavy atom. The van der Waals surface area contributed by atoms with Crippen LogP contribution in [-0.2, 0) is 23.1 Å². The van der Waals surface area contributed by atoms with Crippen molar-refractivity contribution in [1.82, 2.24) is 15.1 Å². The summed E-state index contributed by atoms with van der Waals surface area (Å²) in [5.74, 6) is -1.77. The van der Waals surface area contributed by atoms with Crippen molar-refractivity contribution >= 4 is 23.5 Å². The third kappa shape index (κ3) is 1.37. The molecule has 0 radical (unpaired) electrons. The van der Waals surface area contributed by atoms with Crippen molar-refractivity contribution in [2.45, 2.75) is 13.3 Å². The first-order chi connectivity index (χ1) is 7.54. The lowest BCUT2D eigenvalue weighted by Crippen LogP contribution is -2.31. The molecule has 2 heterocycles. The average molecular weight is 222 g/mol. The number of aromatic nitrogens is 2. The third-order valence-electron chi connectivity index (χ3n) is 2.28. The molecule has 1 N–H and O–H groups in total. The van der Waals surface area contributed by atoms with Crippen molar-refractivity contribution in [2.75, 3.05) is 4.90 Å². The van der Waals surface area contributed by atoms with Gasteiger partial charge in [0.2, 0.25) is 0 Å². The van der Waals surface area contributed by atoms with Gasteiger partial charge in [-0.05, 0) is 6.42 Å². The van der Waals surface area contributed by atoms with Gasteiger partial charge in [0.1, 0.15) is 0 Å². The van der Waals surface area contributed by atoms with E-state index in [1.165, 1.54) is 10.9 Å². The van der Waals surface area contributed by atoms with Crippen molar-refractivity contribution in [1.29, 1.82) is 0 Å². The number of hydrogen-bond acceptors (Lipinski definition) is 4. The number of amides is 4. The first-order valence-electron chi connectivity index (χ1n) is 4.76. The number of hydrogen-bond donors (Lipinski definition) is 1. The molecule has 4 amide bonds. The van der Waals surface area contributed by atoms with Crippen molar-refractivity contribution < 1.29 is 14.4 Å². The van der Waals surface area contributed by atoms with Crippen molar-refractivity contribution in [3.05, 3.63) is 11.9 Å². The molecule has 1 saturated heterocycles. The van der Waals surface area contributed by atoms with Crippen molar-refractivity contribution in [3.63, 3.8) is 0 Å². The minimum absolute atomic E-state index is 0.360. The summed E-state index contributed by atoms with van der Waals surface area (Å²) in [7, 11) is 1.68. The number of rotatable bonds is 2. The number of anilines is 1. The van der Waals surface area contributed by atoms with Crippen LogP contribution in [0.2, 0.25) is 0 Å². The van der Waals surface area contributed by atoms with E-state index in [1.54, 1.807) is 7.05 Å². The summed E-state index contributed by atoms with van der Waals surface area (Å²) in [6.45, 7) is 1.85. The van der Waals surface area contributed by atoms with Gasteiger partial charge in [-0.2, -0.15) is 5.10 Å². The quantitative estimate of drug-likeness (QED) is 0.543. The molecule has 1 aliphatic heterocycles. The second-order valence-corrected chi connectivity index (χ2v) is 3.39. The average Bonchev–Trinajstić information content (AvgIpc) is 2.69. The van der Waals surface area contributed by atoms with Gasteiger partial charge >= 0.3 is 17.8 Å². The van der Waals surface area contributed by atoms with E-state index in [-0.39, 0.29) is 0 Å². The van der Waals surface area contributed by atoms with Crippen LogP contribution in [0.15, 0.2) is 6.20 Å². The molecule has 1 aromatic heterocycles. The predicted molar refractivity (Wildman–Crippen MR) is 53.6 cm³/mol. The van der Waals surface area contributed by atoms with Crippen LogP contribution in [0.1, 0.15) is 12.6 Å².